The van der Waals surface area contributed by atoms with E-state index >= 15 is 0 Å². The summed E-state index contributed by atoms with van der Waals surface area (Å²) in [4.78, 5) is 21.8. The number of anilines is 1. The van der Waals surface area contributed by atoms with Crippen LogP contribution in [0.1, 0.15) is 5.56 Å². The minimum atomic E-state index is -0.491. The van der Waals surface area contributed by atoms with Crippen LogP contribution in [0.2, 0.25) is 0 Å². The molecule has 0 saturated carbocycles. The highest BCUT2D eigenvalue weighted by Gasteiger charge is 2.06. The summed E-state index contributed by atoms with van der Waals surface area (Å²) in [5.74, 6) is 0.181. The number of carbonyl (C=O) groups is 1. The van der Waals surface area contributed by atoms with Crippen LogP contribution in [-0.4, -0.2) is 22.5 Å². The summed E-state index contributed by atoms with van der Waals surface area (Å²) in [5, 5.41) is 13.5. The summed E-state index contributed by atoms with van der Waals surface area (Å²) in [7, 11) is 0. The summed E-state index contributed by atoms with van der Waals surface area (Å²) in [6.45, 7) is 1.79. The minimum absolute atomic E-state index is 0.0222. The highest BCUT2D eigenvalue weighted by atomic mass is 32.1. The van der Waals surface area contributed by atoms with Gasteiger partial charge in [0.15, 0.2) is 11.7 Å². The van der Waals surface area contributed by atoms with Crippen LogP contribution < -0.4 is 20.9 Å². The predicted molar refractivity (Wildman–Crippen MR) is 97.3 cm³/mol. The van der Waals surface area contributed by atoms with Crippen molar-refractivity contribution in [2.75, 3.05) is 11.9 Å². The first kappa shape index (κ1) is 18.1. The number of thiocarbonyl (C=S) groups is 1. The van der Waals surface area contributed by atoms with Crippen LogP contribution in [-0.2, 0) is 4.79 Å². The molecule has 9 heteroatoms. The van der Waals surface area contributed by atoms with Crippen LogP contribution >= 0.6 is 12.2 Å². The largest absolute Gasteiger partial charge is 0.484 e. The number of aryl methyl sites for hydroxylation is 1. The van der Waals surface area contributed by atoms with E-state index in [2.05, 4.69) is 16.2 Å². The van der Waals surface area contributed by atoms with E-state index in [1.165, 1.54) is 24.3 Å². The highest BCUT2D eigenvalue weighted by molar-refractivity contribution is 7.80. The van der Waals surface area contributed by atoms with Crippen LogP contribution in [0.4, 0.5) is 11.4 Å². The molecule has 0 bridgehead atoms. The fourth-order valence-corrected chi connectivity index (χ4v) is 1.94. The number of nitrogens with one attached hydrogen (secondary N) is 3. The van der Waals surface area contributed by atoms with Gasteiger partial charge in [0.2, 0.25) is 0 Å². The molecule has 8 nitrogen and oxygen atoms in total. The molecule has 25 heavy (non-hydrogen) atoms. The van der Waals surface area contributed by atoms with Gasteiger partial charge in [-0.2, -0.15) is 0 Å². The van der Waals surface area contributed by atoms with Gasteiger partial charge in [-0.1, -0.05) is 17.7 Å². The molecule has 0 saturated heterocycles. The zero-order valence-corrected chi connectivity index (χ0v) is 14.1. The summed E-state index contributed by atoms with van der Waals surface area (Å²) in [6.07, 6.45) is 0. The average Bonchev–Trinajstić information content (AvgIpc) is 2.60. The molecule has 0 spiro atoms. The molecule has 2 rings (SSSR count). The number of nitro benzene ring substituents is 1. The highest BCUT2D eigenvalue weighted by Crippen LogP contribution is 2.15. The van der Waals surface area contributed by atoms with Crippen molar-refractivity contribution < 1.29 is 14.5 Å². The SMILES string of the molecule is Cc1ccc(OCC(=O)NNC(=S)Nc2ccc([N+](=O)[O-])cc2)cc1. The smallest absolute Gasteiger partial charge is 0.276 e. The van der Waals surface area contributed by atoms with Crippen molar-refractivity contribution in [1.29, 1.82) is 0 Å². The number of carbonyl (C=O) groups excluding carboxylic acids is 1. The molecule has 0 aliphatic heterocycles. The number of hydrazine groups is 1. The molecule has 0 fully saturated rings. The third-order valence-corrected chi connectivity index (χ3v) is 3.25. The van der Waals surface area contributed by atoms with E-state index in [4.69, 9.17) is 17.0 Å². The first-order chi connectivity index (χ1) is 11.9. The lowest BCUT2D eigenvalue weighted by Crippen LogP contribution is -2.45. The lowest BCUT2D eigenvalue weighted by molar-refractivity contribution is -0.384. The maximum absolute atomic E-state index is 11.7. The summed E-state index contributed by atoms with van der Waals surface area (Å²) >= 11 is 5.02. The van der Waals surface area contributed by atoms with E-state index in [9.17, 15) is 14.9 Å². The fraction of sp³-hybridized carbons (Fsp3) is 0.125. The number of hydrogen-bond acceptors (Lipinski definition) is 5. The number of rotatable bonds is 5. The van der Waals surface area contributed by atoms with Gasteiger partial charge in [-0.05, 0) is 43.4 Å². The zero-order chi connectivity index (χ0) is 18.2. The Hall–Kier alpha value is -3.20. The van der Waals surface area contributed by atoms with E-state index in [0.717, 1.165) is 5.56 Å². The van der Waals surface area contributed by atoms with E-state index in [1.54, 1.807) is 12.1 Å². The Labute approximate surface area is 149 Å². The van der Waals surface area contributed by atoms with Crippen LogP contribution in [0.5, 0.6) is 5.75 Å². The molecule has 0 aliphatic rings. The van der Waals surface area contributed by atoms with E-state index in [0.29, 0.717) is 11.4 Å². The number of hydrogen-bond donors (Lipinski definition) is 3. The van der Waals surface area contributed by atoms with Gasteiger partial charge >= 0.3 is 0 Å². The van der Waals surface area contributed by atoms with Gasteiger partial charge in [0.1, 0.15) is 5.75 Å². The molecule has 0 aromatic heterocycles. The number of nitro groups is 1. The Balaban J connectivity index is 1.72. The molecule has 0 radical (unpaired) electrons. The molecule has 0 aliphatic carbocycles. The van der Waals surface area contributed by atoms with Crippen molar-refractivity contribution in [3.63, 3.8) is 0 Å². The maximum Gasteiger partial charge on any atom is 0.276 e. The zero-order valence-electron chi connectivity index (χ0n) is 13.3. The molecule has 130 valence electrons. The summed E-state index contributed by atoms with van der Waals surface area (Å²) < 4.78 is 5.33. The van der Waals surface area contributed by atoms with Crippen molar-refractivity contribution >= 4 is 34.6 Å². The standard InChI is InChI=1S/C16H16N4O4S/c1-11-2-8-14(9-3-11)24-10-15(21)18-19-16(25)17-12-4-6-13(7-5-12)20(22)23/h2-9H,10H2,1H3,(H,18,21)(H2,17,19,25). The van der Waals surface area contributed by atoms with Crippen molar-refractivity contribution in [3.8, 4) is 5.75 Å². The van der Waals surface area contributed by atoms with Crippen LogP contribution in [0.3, 0.4) is 0 Å². The first-order valence-corrected chi connectivity index (χ1v) is 7.64. The second-order valence-corrected chi connectivity index (χ2v) is 5.44. The topological polar surface area (TPSA) is 106 Å². The molecule has 2 aromatic carbocycles. The number of amides is 1. The average molecular weight is 360 g/mol. The lowest BCUT2D eigenvalue weighted by Gasteiger charge is -2.12. The minimum Gasteiger partial charge on any atom is -0.484 e. The van der Waals surface area contributed by atoms with Crippen molar-refractivity contribution in [3.05, 3.63) is 64.2 Å². The van der Waals surface area contributed by atoms with E-state index in [-0.39, 0.29) is 17.4 Å². The van der Waals surface area contributed by atoms with Gasteiger partial charge in [-0.15, -0.1) is 0 Å². The van der Waals surface area contributed by atoms with Crippen molar-refractivity contribution in [2.24, 2.45) is 0 Å². The number of benzene rings is 2. The number of non-ortho nitro benzene ring substituents is 1. The van der Waals surface area contributed by atoms with E-state index < -0.39 is 10.8 Å². The van der Waals surface area contributed by atoms with Crippen LogP contribution in [0.25, 0.3) is 0 Å². The Kier molecular flexibility index (Phi) is 6.24. The van der Waals surface area contributed by atoms with Gasteiger partial charge in [-0.3, -0.25) is 25.8 Å². The molecule has 3 N–H and O–H groups in total. The second kappa shape index (κ2) is 8.60. The second-order valence-electron chi connectivity index (χ2n) is 5.03. The van der Waals surface area contributed by atoms with Gasteiger partial charge in [0.05, 0.1) is 4.92 Å². The normalized spacial score (nSPS) is 9.80. The van der Waals surface area contributed by atoms with Gasteiger partial charge in [0, 0.05) is 17.8 Å². The monoisotopic (exact) mass is 360 g/mol. The molecule has 0 atom stereocenters. The number of ether oxygens (including phenoxy) is 1. The molecule has 1 amide bonds. The van der Waals surface area contributed by atoms with Gasteiger partial charge < -0.3 is 10.1 Å². The fourth-order valence-electron chi connectivity index (χ4n) is 1.77. The van der Waals surface area contributed by atoms with Crippen LogP contribution in [0.15, 0.2) is 48.5 Å². The third kappa shape index (κ3) is 6.07. The molecular formula is C16H16N4O4S. The van der Waals surface area contributed by atoms with Gasteiger partial charge in [0.25, 0.3) is 11.6 Å². The van der Waals surface area contributed by atoms with Gasteiger partial charge in [-0.25, -0.2) is 0 Å². The third-order valence-electron chi connectivity index (χ3n) is 3.04. The molecular weight excluding hydrogens is 344 g/mol. The molecule has 0 heterocycles. The Morgan fingerprint density at radius 1 is 1.12 bits per heavy atom. The number of nitrogens with zero attached hydrogens (tertiary/aromatic N) is 1. The molecule has 2 aromatic rings. The predicted octanol–water partition coefficient (Wildman–Crippen LogP) is 2.30. The Bertz CT molecular complexity index is 763. The van der Waals surface area contributed by atoms with E-state index in [1.807, 2.05) is 19.1 Å². The Morgan fingerprint density at radius 2 is 1.76 bits per heavy atom. The quantitative estimate of drug-likeness (QED) is 0.427. The van der Waals surface area contributed by atoms with Crippen LogP contribution in [0, 0.1) is 17.0 Å². The maximum atomic E-state index is 11.7. The lowest BCUT2D eigenvalue weighted by atomic mass is 10.2. The first-order valence-electron chi connectivity index (χ1n) is 7.24. The summed E-state index contributed by atoms with van der Waals surface area (Å²) in [5.41, 5.74) is 6.53. The van der Waals surface area contributed by atoms with Crippen molar-refractivity contribution in [2.45, 2.75) is 6.92 Å². The Morgan fingerprint density at radius 3 is 2.36 bits per heavy atom. The van der Waals surface area contributed by atoms with Crippen molar-refractivity contribution in [1.82, 2.24) is 10.9 Å². The molecule has 0 unspecified atom stereocenters. The summed E-state index contributed by atoms with van der Waals surface area (Å²) in [6, 6.07) is 13.0.